The van der Waals surface area contributed by atoms with E-state index >= 15 is 0 Å². The maximum Gasteiger partial charge on any atom is 0.214 e. The molecule has 3 aromatic rings. The predicted octanol–water partition coefficient (Wildman–Crippen LogP) is 2.36. The Morgan fingerprint density at radius 1 is 1.37 bits per heavy atom. The highest BCUT2D eigenvalue weighted by Crippen LogP contribution is 2.22. The molecule has 7 heteroatoms. The highest BCUT2D eigenvalue weighted by atomic mass is 32.1. The number of nitrogens with zero attached hydrogens (tertiary/aromatic N) is 5. The summed E-state index contributed by atoms with van der Waals surface area (Å²) in [6.45, 7) is 6.23. The van der Waals surface area contributed by atoms with Gasteiger partial charge in [0.05, 0.1) is 17.9 Å². The average molecular weight is 276 g/mol. The van der Waals surface area contributed by atoms with E-state index in [0.29, 0.717) is 0 Å². The molecule has 1 N–H and O–H groups in total. The highest BCUT2D eigenvalue weighted by molar-refractivity contribution is 7.20. The maximum atomic E-state index is 4.47. The number of aryl methyl sites for hydroxylation is 1. The van der Waals surface area contributed by atoms with Crippen molar-refractivity contribution in [1.29, 1.82) is 0 Å². The number of aromatic nitrogens is 5. The van der Waals surface area contributed by atoms with Gasteiger partial charge in [0.25, 0.3) is 0 Å². The van der Waals surface area contributed by atoms with Crippen LogP contribution in [0, 0.1) is 6.92 Å². The molecule has 100 valence electrons. The van der Waals surface area contributed by atoms with Crippen LogP contribution in [-0.4, -0.2) is 30.4 Å². The van der Waals surface area contributed by atoms with E-state index in [-0.39, 0.29) is 12.1 Å². The second-order valence-electron chi connectivity index (χ2n) is 4.68. The van der Waals surface area contributed by atoms with Crippen LogP contribution in [0.5, 0.6) is 0 Å². The lowest BCUT2D eigenvalue weighted by molar-refractivity contribution is 0.443. The summed E-state index contributed by atoms with van der Waals surface area (Å²) in [6, 6.07) is 2.42. The first-order valence-corrected chi connectivity index (χ1v) is 7.03. The molecule has 0 aliphatic carbocycles. The number of rotatable bonds is 4. The maximum absolute atomic E-state index is 4.47. The van der Waals surface area contributed by atoms with Crippen LogP contribution in [0.2, 0.25) is 0 Å². The summed E-state index contributed by atoms with van der Waals surface area (Å²) in [5.74, 6) is 0. The lowest BCUT2D eigenvalue weighted by Gasteiger charge is -2.20. The van der Waals surface area contributed by atoms with E-state index in [9.17, 15) is 0 Å². The van der Waals surface area contributed by atoms with Gasteiger partial charge in [-0.05, 0) is 26.8 Å². The first-order valence-electron chi connectivity index (χ1n) is 6.22. The molecule has 0 saturated carbocycles. The van der Waals surface area contributed by atoms with Crippen LogP contribution < -0.4 is 5.32 Å². The van der Waals surface area contributed by atoms with Gasteiger partial charge in [-0.3, -0.25) is 4.68 Å². The second kappa shape index (κ2) is 4.65. The van der Waals surface area contributed by atoms with Gasteiger partial charge in [0.15, 0.2) is 0 Å². The standard InChI is InChI=1S/C12H16N6S/c1-8-7-18-12(14-8)19-11(16-18)15-9(2)10(3)17-6-4-5-13-17/h4-7,9-10H,1-3H3,(H,15,16). The number of hydrogen-bond donors (Lipinski definition) is 1. The van der Waals surface area contributed by atoms with Crippen molar-refractivity contribution in [2.24, 2.45) is 0 Å². The molecule has 0 aromatic carbocycles. The van der Waals surface area contributed by atoms with Crippen molar-refractivity contribution < 1.29 is 0 Å². The number of imidazole rings is 1. The smallest absolute Gasteiger partial charge is 0.214 e. The Balaban J connectivity index is 1.74. The monoisotopic (exact) mass is 276 g/mol. The Morgan fingerprint density at radius 3 is 2.89 bits per heavy atom. The van der Waals surface area contributed by atoms with Crippen molar-refractivity contribution in [3.8, 4) is 0 Å². The topological polar surface area (TPSA) is 60.0 Å². The van der Waals surface area contributed by atoms with Gasteiger partial charge in [-0.1, -0.05) is 11.3 Å². The van der Waals surface area contributed by atoms with Gasteiger partial charge in [0.1, 0.15) is 0 Å². The van der Waals surface area contributed by atoms with Gasteiger partial charge in [-0.25, -0.2) is 9.50 Å². The van der Waals surface area contributed by atoms with Crippen LogP contribution in [0.1, 0.15) is 25.6 Å². The summed E-state index contributed by atoms with van der Waals surface area (Å²) in [5, 5.41) is 13.0. The van der Waals surface area contributed by atoms with E-state index < -0.39 is 0 Å². The van der Waals surface area contributed by atoms with E-state index in [4.69, 9.17) is 0 Å². The minimum Gasteiger partial charge on any atom is -0.355 e. The van der Waals surface area contributed by atoms with Crippen molar-refractivity contribution in [2.75, 3.05) is 5.32 Å². The summed E-state index contributed by atoms with van der Waals surface area (Å²) in [4.78, 5) is 5.31. The summed E-state index contributed by atoms with van der Waals surface area (Å²) in [6.07, 6.45) is 5.70. The Morgan fingerprint density at radius 2 is 2.21 bits per heavy atom. The van der Waals surface area contributed by atoms with E-state index in [1.807, 2.05) is 34.6 Å². The van der Waals surface area contributed by atoms with Crippen molar-refractivity contribution in [1.82, 2.24) is 24.4 Å². The molecule has 3 rings (SSSR count). The minimum atomic E-state index is 0.233. The molecule has 0 spiro atoms. The molecule has 0 bridgehead atoms. The van der Waals surface area contributed by atoms with Gasteiger partial charge in [0.2, 0.25) is 10.1 Å². The lowest BCUT2D eigenvalue weighted by Crippen LogP contribution is -2.26. The molecule has 19 heavy (non-hydrogen) atoms. The molecule has 3 heterocycles. The van der Waals surface area contributed by atoms with Crippen LogP contribution in [-0.2, 0) is 0 Å². The average Bonchev–Trinajstić information content (AvgIpc) is 3.03. The van der Waals surface area contributed by atoms with Gasteiger partial charge < -0.3 is 5.32 Å². The number of nitrogens with one attached hydrogen (secondary N) is 1. The Bertz CT molecular complexity index is 636. The van der Waals surface area contributed by atoms with Crippen molar-refractivity contribution in [3.05, 3.63) is 30.4 Å². The van der Waals surface area contributed by atoms with Crippen LogP contribution >= 0.6 is 11.3 Å². The molecule has 0 radical (unpaired) electrons. The van der Waals surface area contributed by atoms with E-state index in [2.05, 4.69) is 34.3 Å². The fourth-order valence-corrected chi connectivity index (χ4v) is 2.86. The van der Waals surface area contributed by atoms with Crippen LogP contribution in [0.15, 0.2) is 24.7 Å². The summed E-state index contributed by atoms with van der Waals surface area (Å²) < 4.78 is 3.76. The van der Waals surface area contributed by atoms with E-state index in [1.165, 1.54) is 0 Å². The lowest BCUT2D eigenvalue weighted by atomic mass is 10.2. The highest BCUT2D eigenvalue weighted by Gasteiger charge is 2.16. The first kappa shape index (κ1) is 12.2. The zero-order chi connectivity index (χ0) is 13.4. The van der Waals surface area contributed by atoms with Gasteiger partial charge in [0, 0.05) is 18.4 Å². The zero-order valence-electron chi connectivity index (χ0n) is 11.1. The molecule has 3 aromatic heterocycles. The van der Waals surface area contributed by atoms with Gasteiger partial charge in [-0.2, -0.15) is 5.10 Å². The van der Waals surface area contributed by atoms with E-state index in [0.717, 1.165) is 15.8 Å². The molecule has 6 nitrogen and oxygen atoms in total. The van der Waals surface area contributed by atoms with Gasteiger partial charge >= 0.3 is 0 Å². The third-order valence-corrected chi connectivity index (χ3v) is 4.03. The molecule has 0 fully saturated rings. The predicted molar refractivity (Wildman–Crippen MR) is 75.6 cm³/mol. The molecule has 0 saturated heterocycles. The van der Waals surface area contributed by atoms with Crippen LogP contribution in [0.3, 0.4) is 0 Å². The molecule has 0 aliphatic rings. The van der Waals surface area contributed by atoms with E-state index in [1.54, 1.807) is 17.5 Å². The summed E-state index contributed by atoms with van der Waals surface area (Å²) >= 11 is 1.56. The van der Waals surface area contributed by atoms with Crippen molar-refractivity contribution in [3.63, 3.8) is 0 Å². The molecule has 2 unspecified atom stereocenters. The summed E-state index contributed by atoms with van der Waals surface area (Å²) in [7, 11) is 0. The quantitative estimate of drug-likeness (QED) is 0.794. The number of hydrogen-bond acceptors (Lipinski definition) is 5. The Labute approximate surface area is 115 Å². The number of fused-ring (bicyclic) bond motifs is 1. The largest absolute Gasteiger partial charge is 0.355 e. The SMILES string of the molecule is Cc1cn2nc(NC(C)C(C)n3cccn3)sc2n1. The Hall–Kier alpha value is -1.89. The van der Waals surface area contributed by atoms with Crippen molar-refractivity contribution in [2.45, 2.75) is 32.9 Å². The fourth-order valence-electron chi connectivity index (χ4n) is 1.93. The van der Waals surface area contributed by atoms with Gasteiger partial charge in [-0.15, -0.1) is 5.10 Å². The Kier molecular flexibility index (Phi) is 2.98. The molecular formula is C12H16N6S. The summed E-state index contributed by atoms with van der Waals surface area (Å²) in [5.41, 5.74) is 0.989. The molecule has 0 amide bonds. The molecule has 2 atom stereocenters. The normalized spacial score (nSPS) is 14.7. The third kappa shape index (κ3) is 2.33. The fraction of sp³-hybridized carbons (Fsp3) is 0.417. The van der Waals surface area contributed by atoms with Crippen molar-refractivity contribution >= 4 is 21.4 Å². The third-order valence-electron chi connectivity index (χ3n) is 3.18. The second-order valence-corrected chi connectivity index (χ2v) is 5.63. The molecule has 0 aliphatic heterocycles. The zero-order valence-corrected chi connectivity index (χ0v) is 11.9. The minimum absolute atomic E-state index is 0.233. The van der Waals surface area contributed by atoms with Crippen LogP contribution in [0.25, 0.3) is 4.96 Å². The first-order chi connectivity index (χ1) is 9.13. The van der Waals surface area contributed by atoms with Crippen LogP contribution in [0.4, 0.5) is 5.13 Å². The molecular weight excluding hydrogens is 260 g/mol. The number of anilines is 1.